The summed E-state index contributed by atoms with van der Waals surface area (Å²) in [6.07, 6.45) is 1.90. The Kier molecular flexibility index (Phi) is 3.27. The normalized spacial score (nSPS) is 26.3. The van der Waals surface area contributed by atoms with Gasteiger partial charge in [0.05, 0.1) is 4.90 Å². The van der Waals surface area contributed by atoms with Crippen LogP contribution in [0.15, 0.2) is 29.2 Å². The van der Waals surface area contributed by atoms with Crippen molar-refractivity contribution in [1.29, 1.82) is 0 Å². The van der Waals surface area contributed by atoms with E-state index in [9.17, 15) is 8.42 Å². The van der Waals surface area contributed by atoms with Gasteiger partial charge in [0.2, 0.25) is 10.0 Å². The van der Waals surface area contributed by atoms with Gasteiger partial charge in [-0.1, -0.05) is 17.7 Å². The molecular weight excluding hydrogens is 234 g/mol. The Hall–Kier alpha value is -0.870. The number of hydrogen-bond donors (Lipinski definition) is 0. The molecule has 0 amide bonds. The van der Waals surface area contributed by atoms with Crippen LogP contribution in [0.2, 0.25) is 0 Å². The highest BCUT2D eigenvalue weighted by atomic mass is 32.2. The average Bonchev–Trinajstić information content (AvgIpc) is 2.59. The smallest absolute Gasteiger partial charge is 0.207 e. The summed E-state index contributed by atoms with van der Waals surface area (Å²) in [6, 6.07) is 7.30. The van der Waals surface area contributed by atoms with Crippen molar-refractivity contribution >= 4 is 10.0 Å². The molecule has 0 spiro atoms. The highest BCUT2D eigenvalue weighted by Crippen LogP contribution is 2.30. The summed E-state index contributed by atoms with van der Waals surface area (Å²) in [6.45, 7) is 5.92. The standard InChI is InChI=1S/C13H19NO2S/c1-10-4-8-13(9-5-10)17(15,16)14-11(2)6-7-12(14)3/h4-5,8-9,11-12H,6-7H2,1-3H3/t11-,12-/m1/s1. The molecule has 0 saturated carbocycles. The second-order valence-corrected chi connectivity index (χ2v) is 6.77. The summed E-state index contributed by atoms with van der Waals surface area (Å²) in [4.78, 5) is 0.406. The van der Waals surface area contributed by atoms with Gasteiger partial charge in [0.25, 0.3) is 0 Å². The van der Waals surface area contributed by atoms with Gasteiger partial charge in [-0.3, -0.25) is 0 Å². The molecule has 1 fully saturated rings. The molecule has 0 N–H and O–H groups in total. The second kappa shape index (κ2) is 4.42. The number of hydrogen-bond acceptors (Lipinski definition) is 2. The number of rotatable bonds is 2. The third kappa shape index (κ3) is 2.24. The fraction of sp³-hybridized carbons (Fsp3) is 0.538. The molecule has 1 aliphatic rings. The summed E-state index contributed by atoms with van der Waals surface area (Å²) < 4.78 is 26.6. The van der Waals surface area contributed by atoms with Crippen molar-refractivity contribution in [2.24, 2.45) is 0 Å². The van der Waals surface area contributed by atoms with Crippen molar-refractivity contribution in [3.63, 3.8) is 0 Å². The molecule has 2 rings (SSSR count). The monoisotopic (exact) mass is 253 g/mol. The first-order valence-electron chi connectivity index (χ1n) is 6.03. The van der Waals surface area contributed by atoms with E-state index in [2.05, 4.69) is 0 Å². The van der Waals surface area contributed by atoms with Crippen LogP contribution >= 0.6 is 0 Å². The Labute approximate surface area is 104 Å². The Morgan fingerprint density at radius 2 is 1.53 bits per heavy atom. The van der Waals surface area contributed by atoms with E-state index >= 15 is 0 Å². The van der Waals surface area contributed by atoms with Crippen LogP contribution in [-0.4, -0.2) is 24.8 Å². The number of sulfonamides is 1. The number of nitrogens with zero attached hydrogens (tertiary/aromatic N) is 1. The van der Waals surface area contributed by atoms with Gasteiger partial charge in [-0.25, -0.2) is 8.42 Å². The summed E-state index contributed by atoms with van der Waals surface area (Å²) in [5, 5.41) is 0. The van der Waals surface area contributed by atoms with E-state index in [-0.39, 0.29) is 12.1 Å². The maximum Gasteiger partial charge on any atom is 0.243 e. The molecule has 0 unspecified atom stereocenters. The van der Waals surface area contributed by atoms with E-state index in [4.69, 9.17) is 0 Å². The molecule has 1 heterocycles. The zero-order valence-corrected chi connectivity index (χ0v) is 11.4. The maximum absolute atomic E-state index is 12.5. The van der Waals surface area contributed by atoms with Crippen LogP contribution in [0, 0.1) is 6.92 Å². The van der Waals surface area contributed by atoms with Crippen LogP contribution in [-0.2, 0) is 10.0 Å². The lowest BCUT2D eigenvalue weighted by atomic mass is 10.2. The van der Waals surface area contributed by atoms with Crippen LogP contribution in [0.3, 0.4) is 0 Å². The summed E-state index contributed by atoms with van der Waals surface area (Å²) in [5.74, 6) is 0. The van der Waals surface area contributed by atoms with Gasteiger partial charge in [0, 0.05) is 12.1 Å². The molecule has 1 aromatic rings. The molecule has 94 valence electrons. The Balaban J connectivity index is 2.39. The van der Waals surface area contributed by atoms with Gasteiger partial charge in [-0.2, -0.15) is 4.31 Å². The van der Waals surface area contributed by atoms with Gasteiger partial charge >= 0.3 is 0 Å². The van der Waals surface area contributed by atoms with Crippen molar-refractivity contribution in [2.75, 3.05) is 0 Å². The fourth-order valence-corrected chi connectivity index (χ4v) is 4.36. The molecule has 0 aromatic heterocycles. The second-order valence-electron chi connectivity index (χ2n) is 4.92. The minimum absolute atomic E-state index is 0.108. The predicted octanol–water partition coefficient (Wildman–Crippen LogP) is 2.56. The van der Waals surface area contributed by atoms with Crippen LogP contribution in [0.5, 0.6) is 0 Å². The van der Waals surface area contributed by atoms with Crippen LogP contribution in [0.1, 0.15) is 32.3 Å². The van der Waals surface area contributed by atoms with Gasteiger partial charge in [-0.15, -0.1) is 0 Å². The molecule has 0 radical (unpaired) electrons. The van der Waals surface area contributed by atoms with Gasteiger partial charge < -0.3 is 0 Å². The molecule has 0 bridgehead atoms. The Morgan fingerprint density at radius 3 is 2.00 bits per heavy atom. The minimum atomic E-state index is -3.32. The van der Waals surface area contributed by atoms with E-state index in [1.165, 1.54) is 0 Å². The lowest BCUT2D eigenvalue weighted by molar-refractivity contribution is 0.350. The molecule has 4 heteroatoms. The molecule has 1 aliphatic heterocycles. The van der Waals surface area contributed by atoms with Crippen molar-refractivity contribution in [2.45, 2.75) is 50.6 Å². The summed E-state index contributed by atoms with van der Waals surface area (Å²) >= 11 is 0. The molecule has 3 nitrogen and oxygen atoms in total. The van der Waals surface area contributed by atoms with Crippen molar-refractivity contribution in [3.8, 4) is 0 Å². The van der Waals surface area contributed by atoms with Crippen LogP contribution in [0.25, 0.3) is 0 Å². The topological polar surface area (TPSA) is 37.4 Å². The van der Waals surface area contributed by atoms with E-state index in [1.54, 1.807) is 16.4 Å². The first-order chi connectivity index (χ1) is 7.93. The predicted molar refractivity (Wildman–Crippen MR) is 68.4 cm³/mol. The van der Waals surface area contributed by atoms with E-state index in [0.717, 1.165) is 18.4 Å². The summed E-state index contributed by atoms with van der Waals surface area (Å²) in [5.41, 5.74) is 1.08. The quantitative estimate of drug-likeness (QED) is 0.812. The third-order valence-corrected chi connectivity index (χ3v) is 5.61. The first-order valence-corrected chi connectivity index (χ1v) is 7.47. The van der Waals surface area contributed by atoms with Gasteiger partial charge in [0.1, 0.15) is 0 Å². The van der Waals surface area contributed by atoms with Crippen molar-refractivity contribution in [3.05, 3.63) is 29.8 Å². The summed E-state index contributed by atoms with van der Waals surface area (Å²) in [7, 11) is -3.32. The molecule has 1 aromatic carbocycles. The van der Waals surface area contributed by atoms with E-state index in [0.29, 0.717) is 4.90 Å². The van der Waals surface area contributed by atoms with Crippen LogP contribution in [0.4, 0.5) is 0 Å². The SMILES string of the molecule is Cc1ccc(S(=O)(=O)N2[C@H](C)CC[C@H]2C)cc1. The zero-order chi connectivity index (χ0) is 12.6. The third-order valence-electron chi connectivity index (χ3n) is 3.47. The Morgan fingerprint density at radius 1 is 1.06 bits per heavy atom. The molecule has 1 saturated heterocycles. The number of benzene rings is 1. The fourth-order valence-electron chi connectivity index (χ4n) is 2.48. The lowest BCUT2D eigenvalue weighted by Crippen LogP contribution is -2.38. The first kappa shape index (κ1) is 12.6. The van der Waals surface area contributed by atoms with Crippen molar-refractivity contribution < 1.29 is 8.42 Å². The maximum atomic E-state index is 12.5. The molecule has 0 aliphatic carbocycles. The highest BCUT2D eigenvalue weighted by molar-refractivity contribution is 7.89. The Bertz CT molecular complexity index is 483. The van der Waals surface area contributed by atoms with Gasteiger partial charge in [0.15, 0.2) is 0 Å². The number of aryl methyl sites for hydroxylation is 1. The zero-order valence-electron chi connectivity index (χ0n) is 10.6. The largest absolute Gasteiger partial charge is 0.243 e. The minimum Gasteiger partial charge on any atom is -0.207 e. The lowest BCUT2D eigenvalue weighted by Gasteiger charge is -2.25. The molecule has 2 atom stereocenters. The van der Waals surface area contributed by atoms with E-state index in [1.807, 2.05) is 32.9 Å². The van der Waals surface area contributed by atoms with Gasteiger partial charge in [-0.05, 0) is 45.7 Å². The molecular formula is C13H19NO2S. The molecule has 17 heavy (non-hydrogen) atoms. The highest BCUT2D eigenvalue weighted by Gasteiger charge is 2.37. The van der Waals surface area contributed by atoms with Crippen molar-refractivity contribution in [1.82, 2.24) is 4.31 Å². The van der Waals surface area contributed by atoms with Crippen LogP contribution < -0.4 is 0 Å². The average molecular weight is 253 g/mol. The van der Waals surface area contributed by atoms with E-state index < -0.39 is 10.0 Å².